The van der Waals surface area contributed by atoms with Crippen LogP contribution in [0.5, 0.6) is 5.75 Å². The van der Waals surface area contributed by atoms with Gasteiger partial charge in [-0.2, -0.15) is 0 Å². The first-order valence-electron chi connectivity index (χ1n) is 18.0. The van der Waals surface area contributed by atoms with Gasteiger partial charge in [-0.05, 0) is 117 Å². The average Bonchev–Trinajstić information content (AvgIpc) is 3.62. The fourth-order valence-electron chi connectivity index (χ4n) is 7.49. The molecule has 4 atom stereocenters. The van der Waals surface area contributed by atoms with Gasteiger partial charge in [-0.15, -0.1) is 10.2 Å². The van der Waals surface area contributed by atoms with E-state index in [2.05, 4.69) is 129 Å². The molecule has 50 heavy (non-hydrogen) atoms. The van der Waals surface area contributed by atoms with Gasteiger partial charge in [-0.3, -0.25) is 9.30 Å². The number of nitrogens with one attached hydrogen (secondary N) is 2. The topological polar surface area (TPSA) is 93.0 Å². The number of nitrogens with zero attached hydrogens (tertiary/aromatic N) is 4. The molecule has 3 heterocycles. The molecule has 9 nitrogen and oxygen atoms in total. The van der Waals surface area contributed by atoms with Gasteiger partial charge in [0, 0.05) is 5.69 Å². The highest BCUT2D eigenvalue weighted by Gasteiger charge is 2.40. The molecule has 267 valence electrons. The monoisotopic (exact) mass is 695 g/mol. The number of pyridine rings is 1. The highest BCUT2D eigenvalue weighted by molar-refractivity contribution is 6.48. The number of urea groups is 1. The molecule has 0 bridgehead atoms. The maximum atomic E-state index is 13.7. The first-order chi connectivity index (χ1) is 23.5. The number of ether oxygens (including phenoxy) is 1. The van der Waals surface area contributed by atoms with Crippen LogP contribution in [-0.2, 0) is 15.4 Å². The summed E-state index contributed by atoms with van der Waals surface area (Å²) in [5.74, 6) is 1.72. The van der Waals surface area contributed by atoms with E-state index in [4.69, 9.17) is 9.16 Å². The lowest BCUT2D eigenvalue weighted by atomic mass is 9.80. The third-order valence-electron chi connectivity index (χ3n) is 10.4. The van der Waals surface area contributed by atoms with Gasteiger partial charge in [0.2, 0.25) is 9.04 Å². The molecule has 2 aromatic heterocycles. The van der Waals surface area contributed by atoms with Crippen LogP contribution >= 0.6 is 0 Å². The van der Waals surface area contributed by atoms with E-state index in [1.54, 1.807) is 0 Å². The number of hydrogen-bond donors (Lipinski definition) is 2. The molecule has 10 heteroatoms. The summed E-state index contributed by atoms with van der Waals surface area (Å²) in [7, 11) is 1.20. The number of carbonyl (C=O) groups is 1. The van der Waals surface area contributed by atoms with Gasteiger partial charge in [0.15, 0.2) is 11.5 Å². The van der Waals surface area contributed by atoms with Gasteiger partial charge in [-0.1, -0.05) is 71.9 Å². The number of rotatable bonds is 8. The van der Waals surface area contributed by atoms with Crippen molar-refractivity contribution in [3.63, 3.8) is 0 Å². The largest absolute Gasteiger partial charge is 0.484 e. The number of likely N-dealkylation sites (tertiary alicyclic amines) is 1. The van der Waals surface area contributed by atoms with E-state index in [1.165, 1.54) is 0 Å². The van der Waals surface area contributed by atoms with Crippen molar-refractivity contribution in [3.05, 3.63) is 88.9 Å². The highest BCUT2D eigenvalue weighted by atomic mass is 28.3. The van der Waals surface area contributed by atoms with Crippen molar-refractivity contribution in [2.45, 2.75) is 116 Å². The highest BCUT2D eigenvalue weighted by Crippen LogP contribution is 2.42. The van der Waals surface area contributed by atoms with Crippen LogP contribution in [-0.4, -0.2) is 48.2 Å². The molecular formula is C40H55N6O3Si. The zero-order chi connectivity index (χ0) is 36.0. The van der Waals surface area contributed by atoms with Gasteiger partial charge in [-0.25, -0.2) is 4.79 Å². The zero-order valence-corrected chi connectivity index (χ0v) is 32.6. The molecule has 1 radical (unpaired) electrons. The number of carbonyl (C=O) groups excluding carboxylic acids is 1. The Labute approximate surface area is 299 Å². The molecule has 0 saturated carbocycles. The summed E-state index contributed by atoms with van der Waals surface area (Å²) < 4.78 is 15.3. The summed E-state index contributed by atoms with van der Waals surface area (Å²) in [6, 6.07) is 18.3. The molecule has 2 aromatic carbocycles. The Morgan fingerprint density at radius 3 is 2.40 bits per heavy atom. The molecule has 2 amide bonds. The Morgan fingerprint density at radius 1 is 1.00 bits per heavy atom. The van der Waals surface area contributed by atoms with E-state index in [0.29, 0.717) is 0 Å². The summed E-state index contributed by atoms with van der Waals surface area (Å²) in [6.45, 7) is 20.9. The number of aromatic nitrogens is 3. The van der Waals surface area contributed by atoms with Crippen LogP contribution in [0.15, 0.2) is 60.8 Å². The lowest BCUT2D eigenvalue weighted by Crippen LogP contribution is -2.37. The minimum absolute atomic E-state index is 0.0797. The first-order valence-corrected chi connectivity index (χ1v) is 20.5. The standard InChI is InChI=1S/C40H55N6O3Si/c1-38(2,3)27-22-26(35(39(4,5)6)49-50(9)10)23-28(24-27)41-37(47)42-32-17-18-33(31-15-12-11-14-30(31)32)48-29-16-19-34-43-44-36(46(34)25-29)40(7)20-13-21-45(40)8/h11-12,14-16,19,22-25,32-33,35H,13,17-18,20-21H2,1-10H3,(H2,41,42,47)/t32-,33+,35?,40-/m0/s1. The maximum absolute atomic E-state index is 13.7. The van der Waals surface area contributed by atoms with Crippen molar-refractivity contribution in [3.8, 4) is 5.75 Å². The number of anilines is 1. The molecule has 1 saturated heterocycles. The van der Waals surface area contributed by atoms with Crippen LogP contribution in [0.4, 0.5) is 10.5 Å². The van der Waals surface area contributed by atoms with Gasteiger partial charge in [0.1, 0.15) is 11.9 Å². The summed E-state index contributed by atoms with van der Waals surface area (Å²) in [6.07, 6.45) is 5.51. The molecule has 1 unspecified atom stereocenters. The fourth-order valence-corrected chi connectivity index (χ4v) is 8.45. The van der Waals surface area contributed by atoms with Gasteiger partial charge in [0.25, 0.3) is 0 Å². The van der Waals surface area contributed by atoms with Gasteiger partial charge >= 0.3 is 6.03 Å². The molecule has 2 N–H and O–H groups in total. The van der Waals surface area contributed by atoms with Crippen molar-refractivity contribution >= 4 is 26.4 Å². The molecular weight excluding hydrogens is 641 g/mol. The van der Waals surface area contributed by atoms with E-state index in [1.807, 2.05) is 30.5 Å². The van der Waals surface area contributed by atoms with Crippen molar-refractivity contribution in [2.24, 2.45) is 5.41 Å². The molecule has 4 aromatic rings. The normalized spacial score (nSPS) is 22.1. The number of fused-ring (bicyclic) bond motifs is 2. The Kier molecular flexibility index (Phi) is 9.93. The van der Waals surface area contributed by atoms with Crippen LogP contribution in [0.3, 0.4) is 0 Å². The van der Waals surface area contributed by atoms with Crippen LogP contribution in [0.2, 0.25) is 13.1 Å². The van der Waals surface area contributed by atoms with Crippen LogP contribution in [0.25, 0.3) is 5.65 Å². The predicted octanol–water partition coefficient (Wildman–Crippen LogP) is 9.10. The van der Waals surface area contributed by atoms with E-state index in [-0.39, 0.29) is 40.6 Å². The summed E-state index contributed by atoms with van der Waals surface area (Å²) >= 11 is 0. The Hall–Kier alpha value is -3.73. The Bertz CT molecular complexity index is 1840. The quantitative estimate of drug-likeness (QED) is 0.179. The second-order valence-corrected chi connectivity index (χ2v) is 18.8. The molecule has 0 spiro atoms. The van der Waals surface area contributed by atoms with E-state index in [9.17, 15) is 4.79 Å². The summed E-state index contributed by atoms with van der Waals surface area (Å²) in [4.78, 5) is 16.0. The van der Waals surface area contributed by atoms with E-state index >= 15 is 0 Å². The van der Waals surface area contributed by atoms with E-state index in [0.717, 1.165) is 77.4 Å². The molecule has 2 aliphatic rings. The second-order valence-electron chi connectivity index (χ2n) is 16.7. The van der Waals surface area contributed by atoms with Gasteiger partial charge < -0.3 is 19.8 Å². The second kappa shape index (κ2) is 13.8. The van der Waals surface area contributed by atoms with Gasteiger partial charge in [0.05, 0.1) is 23.9 Å². The van der Waals surface area contributed by atoms with Crippen molar-refractivity contribution in [2.75, 3.05) is 18.9 Å². The lowest BCUT2D eigenvalue weighted by molar-refractivity contribution is 0.0865. The average molecular weight is 696 g/mol. The van der Waals surface area contributed by atoms with Crippen molar-refractivity contribution in [1.82, 2.24) is 24.8 Å². The van der Waals surface area contributed by atoms with E-state index < -0.39 is 9.04 Å². The molecule has 6 rings (SSSR count). The zero-order valence-electron chi connectivity index (χ0n) is 31.6. The third-order valence-corrected chi connectivity index (χ3v) is 11.1. The summed E-state index contributed by atoms with van der Waals surface area (Å²) in [5, 5.41) is 15.5. The minimum atomic E-state index is -0.953. The van der Waals surface area contributed by atoms with Crippen LogP contribution in [0, 0.1) is 5.41 Å². The minimum Gasteiger partial charge on any atom is -0.484 e. The third kappa shape index (κ3) is 7.48. The SMILES string of the molecule is CN1CCC[C@@]1(C)c1nnc2ccc(O[C@@H]3CC[C@H](NC(=O)Nc4cc(C(O[Si](C)C)C(C)(C)C)cc(C(C)(C)C)c4)c4ccccc43)cn12. The lowest BCUT2D eigenvalue weighted by Gasteiger charge is -2.34. The predicted molar refractivity (Wildman–Crippen MR) is 202 cm³/mol. The van der Waals surface area contributed by atoms with Crippen LogP contribution in [0.1, 0.15) is 120 Å². The Morgan fingerprint density at radius 2 is 1.74 bits per heavy atom. The Balaban J connectivity index is 1.21. The number of hydrogen-bond acceptors (Lipinski definition) is 6. The van der Waals surface area contributed by atoms with Crippen LogP contribution < -0.4 is 15.4 Å². The van der Waals surface area contributed by atoms with Crippen molar-refractivity contribution in [1.29, 1.82) is 0 Å². The molecule has 1 aliphatic heterocycles. The number of benzene rings is 2. The first kappa shape index (κ1) is 36.1. The number of amides is 2. The maximum Gasteiger partial charge on any atom is 0.319 e. The molecule has 1 fully saturated rings. The smallest absolute Gasteiger partial charge is 0.319 e. The van der Waals surface area contributed by atoms with Crippen molar-refractivity contribution < 1.29 is 14.0 Å². The fraction of sp³-hybridized carbons (Fsp3) is 0.525. The molecule has 1 aliphatic carbocycles. The summed E-state index contributed by atoms with van der Waals surface area (Å²) in [5.41, 5.74) is 5.65.